The van der Waals surface area contributed by atoms with Gasteiger partial charge in [0.15, 0.2) is 5.60 Å². The van der Waals surface area contributed by atoms with Crippen LogP contribution in [0.2, 0.25) is 0 Å². The van der Waals surface area contributed by atoms with Crippen LogP contribution in [0.1, 0.15) is 112 Å². The molecule has 0 aliphatic heterocycles. The summed E-state index contributed by atoms with van der Waals surface area (Å²) in [6.07, 6.45) is 10.2. The first kappa shape index (κ1) is 26.6. The number of halogens is 3. The summed E-state index contributed by atoms with van der Waals surface area (Å²) in [6.45, 7) is 14.2. The molecule has 1 N–H and O–H groups in total. The van der Waals surface area contributed by atoms with Gasteiger partial charge in [0.2, 0.25) is 0 Å². The molecule has 0 heterocycles. The Kier molecular flexibility index (Phi) is 6.88. The summed E-state index contributed by atoms with van der Waals surface area (Å²) in [4.78, 5) is 0. The molecule has 1 nitrogen and oxygen atoms in total. The molecule has 3 saturated carbocycles. The third-order valence-corrected chi connectivity index (χ3v) is 11.3. The van der Waals surface area contributed by atoms with Gasteiger partial charge in [-0.15, -0.1) is 0 Å². The van der Waals surface area contributed by atoms with Crippen LogP contribution in [0.5, 0.6) is 0 Å². The van der Waals surface area contributed by atoms with Crippen molar-refractivity contribution < 1.29 is 18.3 Å². The molecule has 34 heavy (non-hydrogen) atoms. The first-order valence-electron chi connectivity index (χ1n) is 14.1. The highest BCUT2D eigenvalue weighted by molar-refractivity contribution is 5.20. The summed E-state index contributed by atoms with van der Waals surface area (Å²) in [5.41, 5.74) is -1.83. The van der Waals surface area contributed by atoms with Crippen LogP contribution in [-0.4, -0.2) is 16.9 Å². The Hall–Kier alpha value is -0.510. The summed E-state index contributed by atoms with van der Waals surface area (Å²) in [5, 5.41) is 10.4. The van der Waals surface area contributed by atoms with Crippen molar-refractivity contribution in [3.8, 4) is 0 Å². The van der Waals surface area contributed by atoms with Crippen LogP contribution in [0, 0.1) is 51.8 Å². The molecule has 0 bridgehead atoms. The van der Waals surface area contributed by atoms with E-state index >= 15 is 0 Å². The fourth-order valence-corrected chi connectivity index (χ4v) is 9.13. The van der Waals surface area contributed by atoms with Gasteiger partial charge in [0.1, 0.15) is 0 Å². The topological polar surface area (TPSA) is 20.2 Å². The largest absolute Gasteiger partial charge is 0.417 e. The number of fused-ring (bicyclic) bond motifs is 5. The van der Waals surface area contributed by atoms with Crippen LogP contribution in [0.15, 0.2) is 12.2 Å². The molecule has 0 unspecified atom stereocenters. The molecule has 4 aliphatic rings. The van der Waals surface area contributed by atoms with Gasteiger partial charge in [-0.25, -0.2) is 0 Å². The zero-order chi connectivity index (χ0) is 25.2. The van der Waals surface area contributed by atoms with E-state index < -0.39 is 11.8 Å². The molecule has 0 aromatic rings. The van der Waals surface area contributed by atoms with Crippen LogP contribution in [0.3, 0.4) is 0 Å². The maximum Gasteiger partial charge on any atom is 0.417 e. The van der Waals surface area contributed by atoms with Crippen LogP contribution in [-0.2, 0) is 0 Å². The predicted octanol–water partition coefficient (Wildman–Crippen LogP) is 8.96. The summed E-state index contributed by atoms with van der Waals surface area (Å²) in [7, 11) is 0. The molecule has 0 aromatic carbocycles. The lowest BCUT2D eigenvalue weighted by molar-refractivity contribution is -0.289. The molecule has 0 radical (unpaired) electrons. The first-order chi connectivity index (χ1) is 15.6. The van der Waals surface area contributed by atoms with Gasteiger partial charge < -0.3 is 5.11 Å². The number of alkyl halides is 3. The van der Waals surface area contributed by atoms with E-state index in [1.165, 1.54) is 32.1 Å². The smallest absolute Gasteiger partial charge is 0.380 e. The fourth-order valence-electron chi connectivity index (χ4n) is 9.13. The second-order valence-electron chi connectivity index (χ2n) is 14.5. The third kappa shape index (κ3) is 4.52. The molecule has 196 valence electrons. The van der Waals surface area contributed by atoms with E-state index in [0.29, 0.717) is 46.8 Å². The molecule has 4 rings (SSSR count). The quantitative estimate of drug-likeness (QED) is 0.306. The van der Waals surface area contributed by atoms with E-state index in [1.54, 1.807) is 0 Å². The number of hydrogen-bond donors (Lipinski definition) is 1. The predicted molar refractivity (Wildman–Crippen MR) is 133 cm³/mol. The molecule has 0 spiro atoms. The van der Waals surface area contributed by atoms with E-state index in [0.717, 1.165) is 19.3 Å². The molecule has 9 atom stereocenters. The monoisotopic (exact) mass is 482 g/mol. The van der Waals surface area contributed by atoms with Crippen LogP contribution in [0.25, 0.3) is 0 Å². The lowest BCUT2D eigenvalue weighted by Crippen LogP contribution is -2.59. The summed E-state index contributed by atoms with van der Waals surface area (Å²) in [5.74, 6) is 2.95. The molecule has 0 saturated heterocycles. The second kappa shape index (κ2) is 8.80. The fraction of sp³-hybridized carbons (Fsp3) is 0.933. The summed E-state index contributed by atoms with van der Waals surface area (Å²) in [6, 6.07) is 0. The lowest BCUT2D eigenvalue weighted by Gasteiger charge is -2.62. The highest BCUT2D eigenvalue weighted by Crippen LogP contribution is 2.68. The number of rotatable bonds is 5. The van der Waals surface area contributed by atoms with E-state index in [1.807, 2.05) is 0 Å². The second-order valence-corrected chi connectivity index (χ2v) is 14.5. The van der Waals surface area contributed by atoms with Gasteiger partial charge >= 0.3 is 6.18 Å². The Balaban J connectivity index is 1.43. The molecule has 4 heteroatoms. The molecular formula is C30H49F3O. The summed E-state index contributed by atoms with van der Waals surface area (Å²) >= 11 is 0. The highest BCUT2D eigenvalue weighted by Gasteiger charge is 2.64. The van der Waals surface area contributed by atoms with Gasteiger partial charge in [-0.3, -0.25) is 0 Å². The van der Waals surface area contributed by atoms with E-state index in [-0.39, 0.29) is 24.2 Å². The molecule has 3 fully saturated rings. The molecule has 4 aliphatic carbocycles. The van der Waals surface area contributed by atoms with E-state index in [4.69, 9.17) is 0 Å². The van der Waals surface area contributed by atoms with Crippen molar-refractivity contribution in [1.82, 2.24) is 0 Å². The Labute approximate surface area is 206 Å². The zero-order valence-electron chi connectivity index (χ0n) is 22.5. The van der Waals surface area contributed by atoms with Gasteiger partial charge in [-0.2, -0.15) is 13.2 Å². The Morgan fingerprint density at radius 1 is 0.941 bits per heavy atom. The average molecular weight is 483 g/mol. The lowest BCUT2D eigenvalue weighted by atomic mass is 9.43. The molecular weight excluding hydrogens is 433 g/mol. The van der Waals surface area contributed by atoms with Crippen molar-refractivity contribution in [2.24, 2.45) is 51.8 Å². The minimum absolute atomic E-state index is 0.0126. The SMILES string of the molecule is C[C@H](CCCCC(C)(C)C)[C@H]1C=C[C@H]2[C@@H]3CC[C@H]4C[C@](O)(C(F)(F)F)CC[C@]4(C)[C@H]3CC[C@]12C. The third-order valence-electron chi connectivity index (χ3n) is 11.3. The van der Waals surface area contributed by atoms with Crippen molar-refractivity contribution >= 4 is 0 Å². The maximum absolute atomic E-state index is 13.6. The molecule has 0 amide bonds. The van der Waals surface area contributed by atoms with Gasteiger partial charge in [-0.1, -0.05) is 73.0 Å². The van der Waals surface area contributed by atoms with Crippen molar-refractivity contribution in [1.29, 1.82) is 0 Å². The standard InChI is InChI=1S/C30H49F3O/c1-20(9-7-8-15-26(2,3)4)23-12-13-24-22-11-10-21-19-29(34,30(31,32)33)18-17-27(21,5)25(22)14-16-28(23,24)6/h12-13,20-25,34H,7-11,14-19H2,1-6H3/t20-,21+,22+,23-,24+,25+,27+,28-,29+/m1/s1. The maximum atomic E-state index is 13.6. The number of allylic oxidation sites excluding steroid dienone is 2. The minimum Gasteiger partial charge on any atom is -0.380 e. The Morgan fingerprint density at radius 3 is 2.29 bits per heavy atom. The zero-order valence-corrected chi connectivity index (χ0v) is 22.5. The van der Waals surface area contributed by atoms with Crippen molar-refractivity contribution in [2.75, 3.05) is 0 Å². The van der Waals surface area contributed by atoms with Crippen LogP contribution >= 0.6 is 0 Å². The van der Waals surface area contributed by atoms with Crippen molar-refractivity contribution in [3.63, 3.8) is 0 Å². The highest BCUT2D eigenvalue weighted by atomic mass is 19.4. The van der Waals surface area contributed by atoms with Crippen LogP contribution < -0.4 is 0 Å². The summed E-state index contributed by atoms with van der Waals surface area (Å²) < 4.78 is 40.8. The van der Waals surface area contributed by atoms with Crippen LogP contribution in [0.4, 0.5) is 13.2 Å². The Morgan fingerprint density at radius 2 is 1.65 bits per heavy atom. The van der Waals surface area contributed by atoms with Gasteiger partial charge in [-0.05, 0) is 103 Å². The van der Waals surface area contributed by atoms with Gasteiger partial charge in [0.05, 0.1) is 0 Å². The van der Waals surface area contributed by atoms with E-state index in [9.17, 15) is 18.3 Å². The normalized spacial score (nSPS) is 45.4. The number of hydrogen-bond acceptors (Lipinski definition) is 1. The number of unbranched alkanes of at least 4 members (excludes halogenated alkanes) is 1. The minimum atomic E-state index is -4.51. The molecule has 0 aromatic heterocycles. The number of aliphatic hydroxyl groups is 1. The average Bonchev–Trinajstić information content (AvgIpc) is 3.07. The van der Waals surface area contributed by atoms with Crippen molar-refractivity contribution in [3.05, 3.63) is 12.2 Å². The first-order valence-corrected chi connectivity index (χ1v) is 14.1. The van der Waals surface area contributed by atoms with Gasteiger partial charge in [0, 0.05) is 0 Å². The van der Waals surface area contributed by atoms with E-state index in [2.05, 4.69) is 53.7 Å². The van der Waals surface area contributed by atoms with Gasteiger partial charge in [0.25, 0.3) is 0 Å². The van der Waals surface area contributed by atoms with Crippen molar-refractivity contribution in [2.45, 2.75) is 124 Å². The Bertz CT molecular complexity index is 766.